The predicted octanol–water partition coefficient (Wildman–Crippen LogP) is 4.73. The SMILES string of the molecule is Cc1nc2ccc(NCC(=O)Nc3ccc(Br)cc3C)cc2s1. The quantitative estimate of drug-likeness (QED) is 0.678. The van der Waals surface area contributed by atoms with Gasteiger partial charge in [0.05, 0.1) is 21.8 Å². The van der Waals surface area contributed by atoms with Gasteiger partial charge in [0.15, 0.2) is 0 Å². The van der Waals surface area contributed by atoms with Crippen molar-refractivity contribution in [1.29, 1.82) is 0 Å². The van der Waals surface area contributed by atoms with Gasteiger partial charge in [-0.1, -0.05) is 15.9 Å². The zero-order valence-electron chi connectivity index (χ0n) is 12.8. The number of halogens is 1. The first-order valence-corrected chi connectivity index (χ1v) is 8.79. The van der Waals surface area contributed by atoms with Crippen LogP contribution in [0.15, 0.2) is 40.9 Å². The van der Waals surface area contributed by atoms with Crippen molar-refractivity contribution in [3.05, 3.63) is 51.4 Å². The van der Waals surface area contributed by atoms with E-state index >= 15 is 0 Å². The van der Waals surface area contributed by atoms with Gasteiger partial charge in [-0.2, -0.15) is 0 Å². The first-order chi connectivity index (χ1) is 11.0. The molecule has 0 radical (unpaired) electrons. The Hall–Kier alpha value is -1.92. The number of rotatable bonds is 4. The highest BCUT2D eigenvalue weighted by atomic mass is 79.9. The second-order valence-electron chi connectivity index (χ2n) is 5.28. The number of thiazole rings is 1. The molecule has 0 unspecified atom stereocenters. The molecule has 3 rings (SSSR count). The molecule has 2 aromatic carbocycles. The van der Waals surface area contributed by atoms with Crippen molar-refractivity contribution in [1.82, 2.24) is 4.98 Å². The van der Waals surface area contributed by atoms with E-state index in [4.69, 9.17) is 0 Å². The number of anilines is 2. The van der Waals surface area contributed by atoms with Crippen LogP contribution in [0.2, 0.25) is 0 Å². The Morgan fingerprint density at radius 1 is 1.22 bits per heavy atom. The summed E-state index contributed by atoms with van der Waals surface area (Å²) in [6, 6.07) is 11.7. The van der Waals surface area contributed by atoms with E-state index in [1.165, 1.54) is 0 Å². The molecule has 0 saturated heterocycles. The van der Waals surface area contributed by atoms with E-state index in [-0.39, 0.29) is 12.5 Å². The Bertz CT molecular complexity index is 875. The van der Waals surface area contributed by atoms with Crippen molar-refractivity contribution in [2.24, 2.45) is 0 Å². The Morgan fingerprint density at radius 3 is 2.83 bits per heavy atom. The van der Waals surface area contributed by atoms with Crippen molar-refractivity contribution in [3.63, 3.8) is 0 Å². The first kappa shape index (κ1) is 16.0. The number of aryl methyl sites for hydroxylation is 2. The van der Waals surface area contributed by atoms with Gasteiger partial charge in [0.25, 0.3) is 0 Å². The van der Waals surface area contributed by atoms with E-state index in [2.05, 4.69) is 31.5 Å². The maximum Gasteiger partial charge on any atom is 0.243 e. The standard InChI is InChI=1S/C17H16BrN3OS/c1-10-7-12(18)3-5-14(10)21-17(22)9-19-13-4-6-15-16(8-13)23-11(2)20-15/h3-8,19H,9H2,1-2H3,(H,21,22). The molecule has 0 saturated carbocycles. The normalized spacial score (nSPS) is 10.7. The minimum Gasteiger partial charge on any atom is -0.376 e. The molecule has 2 N–H and O–H groups in total. The summed E-state index contributed by atoms with van der Waals surface area (Å²) >= 11 is 5.07. The molecule has 0 aliphatic rings. The summed E-state index contributed by atoms with van der Waals surface area (Å²) < 4.78 is 2.12. The molecule has 4 nitrogen and oxygen atoms in total. The second-order valence-corrected chi connectivity index (χ2v) is 7.43. The monoisotopic (exact) mass is 389 g/mol. The van der Waals surface area contributed by atoms with Crippen LogP contribution < -0.4 is 10.6 Å². The van der Waals surface area contributed by atoms with Gasteiger partial charge in [-0.05, 0) is 55.8 Å². The van der Waals surface area contributed by atoms with E-state index in [0.29, 0.717) is 0 Å². The first-order valence-electron chi connectivity index (χ1n) is 7.18. The molecule has 0 aliphatic carbocycles. The number of carbonyl (C=O) groups is 1. The third-order valence-electron chi connectivity index (χ3n) is 3.41. The van der Waals surface area contributed by atoms with Crippen LogP contribution in [0.4, 0.5) is 11.4 Å². The zero-order valence-corrected chi connectivity index (χ0v) is 15.2. The van der Waals surface area contributed by atoms with Crippen LogP contribution in [0.25, 0.3) is 10.2 Å². The Balaban J connectivity index is 1.63. The largest absolute Gasteiger partial charge is 0.376 e. The van der Waals surface area contributed by atoms with Gasteiger partial charge in [-0.3, -0.25) is 4.79 Å². The van der Waals surface area contributed by atoms with Gasteiger partial charge < -0.3 is 10.6 Å². The van der Waals surface area contributed by atoms with E-state index < -0.39 is 0 Å². The summed E-state index contributed by atoms with van der Waals surface area (Å²) in [5.74, 6) is -0.0731. The third kappa shape index (κ3) is 3.89. The van der Waals surface area contributed by atoms with E-state index in [1.807, 2.05) is 50.2 Å². The van der Waals surface area contributed by atoms with E-state index in [0.717, 1.165) is 36.6 Å². The number of amides is 1. The summed E-state index contributed by atoms with van der Waals surface area (Å²) in [4.78, 5) is 16.5. The van der Waals surface area contributed by atoms with Gasteiger partial charge in [-0.25, -0.2) is 4.98 Å². The highest BCUT2D eigenvalue weighted by Gasteiger charge is 2.06. The van der Waals surface area contributed by atoms with Gasteiger partial charge in [0, 0.05) is 15.8 Å². The lowest BCUT2D eigenvalue weighted by atomic mass is 10.2. The van der Waals surface area contributed by atoms with Gasteiger partial charge in [0.2, 0.25) is 5.91 Å². The topological polar surface area (TPSA) is 54.0 Å². The molecule has 6 heteroatoms. The van der Waals surface area contributed by atoms with Gasteiger partial charge in [0.1, 0.15) is 0 Å². The molecular formula is C17H16BrN3OS. The summed E-state index contributed by atoms with van der Waals surface area (Å²) in [5.41, 5.74) is 3.76. The Morgan fingerprint density at radius 2 is 2.04 bits per heavy atom. The summed E-state index contributed by atoms with van der Waals surface area (Å²) in [6.45, 7) is 4.18. The summed E-state index contributed by atoms with van der Waals surface area (Å²) in [7, 11) is 0. The van der Waals surface area contributed by atoms with Gasteiger partial charge in [-0.15, -0.1) is 11.3 Å². The second kappa shape index (κ2) is 6.68. The predicted molar refractivity (Wildman–Crippen MR) is 100 cm³/mol. The zero-order chi connectivity index (χ0) is 16.4. The Kier molecular flexibility index (Phi) is 4.63. The molecule has 1 amide bonds. The van der Waals surface area contributed by atoms with Crippen molar-refractivity contribution in [3.8, 4) is 0 Å². The molecule has 0 spiro atoms. The van der Waals surface area contributed by atoms with Crippen LogP contribution in [0.5, 0.6) is 0 Å². The van der Waals surface area contributed by atoms with Crippen LogP contribution in [0.1, 0.15) is 10.6 Å². The lowest BCUT2D eigenvalue weighted by Gasteiger charge is -2.10. The van der Waals surface area contributed by atoms with Crippen LogP contribution in [-0.4, -0.2) is 17.4 Å². The molecule has 1 aromatic heterocycles. The maximum absolute atomic E-state index is 12.1. The molecule has 3 aromatic rings. The number of nitrogens with one attached hydrogen (secondary N) is 2. The van der Waals surface area contributed by atoms with Gasteiger partial charge >= 0.3 is 0 Å². The number of fused-ring (bicyclic) bond motifs is 1. The van der Waals surface area contributed by atoms with E-state index in [1.54, 1.807) is 11.3 Å². The molecule has 0 aliphatic heterocycles. The smallest absolute Gasteiger partial charge is 0.243 e. The lowest BCUT2D eigenvalue weighted by Crippen LogP contribution is -2.22. The van der Waals surface area contributed by atoms with Crippen molar-refractivity contribution < 1.29 is 4.79 Å². The molecule has 118 valence electrons. The molecule has 0 atom stereocenters. The fraction of sp³-hybridized carbons (Fsp3) is 0.176. The molecule has 0 bridgehead atoms. The fourth-order valence-electron chi connectivity index (χ4n) is 2.29. The number of carbonyl (C=O) groups excluding carboxylic acids is 1. The average molecular weight is 390 g/mol. The lowest BCUT2D eigenvalue weighted by molar-refractivity contribution is -0.114. The number of aromatic nitrogens is 1. The van der Waals surface area contributed by atoms with Crippen molar-refractivity contribution in [2.45, 2.75) is 13.8 Å². The van der Waals surface area contributed by atoms with Crippen LogP contribution >= 0.6 is 27.3 Å². The number of hydrogen-bond donors (Lipinski definition) is 2. The molecule has 0 fully saturated rings. The molecular weight excluding hydrogens is 374 g/mol. The van der Waals surface area contributed by atoms with Crippen molar-refractivity contribution in [2.75, 3.05) is 17.2 Å². The fourth-order valence-corrected chi connectivity index (χ4v) is 3.64. The van der Waals surface area contributed by atoms with E-state index in [9.17, 15) is 4.79 Å². The number of hydrogen-bond acceptors (Lipinski definition) is 4. The number of nitrogens with zero attached hydrogens (tertiary/aromatic N) is 1. The van der Waals surface area contributed by atoms with Crippen LogP contribution in [0, 0.1) is 13.8 Å². The Labute approximate surface area is 147 Å². The number of benzene rings is 2. The molecule has 23 heavy (non-hydrogen) atoms. The maximum atomic E-state index is 12.1. The minimum atomic E-state index is -0.0731. The third-order valence-corrected chi connectivity index (χ3v) is 4.84. The van der Waals surface area contributed by atoms with Crippen LogP contribution in [0.3, 0.4) is 0 Å². The molecule has 1 heterocycles. The minimum absolute atomic E-state index is 0.0731. The average Bonchev–Trinajstić information content (AvgIpc) is 2.87. The summed E-state index contributed by atoms with van der Waals surface area (Å²) in [6.07, 6.45) is 0. The highest BCUT2D eigenvalue weighted by Crippen LogP contribution is 2.24. The highest BCUT2D eigenvalue weighted by molar-refractivity contribution is 9.10. The summed E-state index contributed by atoms with van der Waals surface area (Å²) in [5, 5.41) is 7.11. The van der Waals surface area contributed by atoms with Crippen molar-refractivity contribution >= 4 is 54.8 Å². The van der Waals surface area contributed by atoms with Crippen LogP contribution in [-0.2, 0) is 4.79 Å².